The molecule has 1 saturated heterocycles. The number of anilines is 2. The van der Waals surface area contributed by atoms with Gasteiger partial charge in [0.2, 0.25) is 5.91 Å². The van der Waals surface area contributed by atoms with E-state index in [0.29, 0.717) is 37.3 Å². The molecule has 0 bridgehead atoms. The summed E-state index contributed by atoms with van der Waals surface area (Å²) in [6.07, 6.45) is 8.81. The number of rotatable bonds is 5. The summed E-state index contributed by atoms with van der Waals surface area (Å²) in [6.45, 7) is 1.41. The molecule has 0 saturated carbocycles. The number of hydrogen-bond donors (Lipinski definition) is 1. The number of non-ortho nitro benzene ring substituents is 1. The maximum atomic E-state index is 12.8. The number of nitrogens with zero attached hydrogens (tertiary/aromatic N) is 4. The summed E-state index contributed by atoms with van der Waals surface area (Å²) in [7, 11) is 0. The summed E-state index contributed by atoms with van der Waals surface area (Å²) in [5.74, 6) is -0.796. The van der Waals surface area contributed by atoms with Crippen molar-refractivity contribution in [2.75, 3.05) is 23.3 Å². The van der Waals surface area contributed by atoms with Crippen molar-refractivity contribution in [3.8, 4) is 0 Å². The van der Waals surface area contributed by atoms with E-state index in [1.807, 2.05) is 48.6 Å². The highest BCUT2D eigenvalue weighted by atomic mass is 16.6. The van der Waals surface area contributed by atoms with Gasteiger partial charge in [0.1, 0.15) is 0 Å². The first-order chi connectivity index (χ1) is 17.0. The lowest BCUT2D eigenvalue weighted by atomic mass is 9.89. The molecule has 1 atom stereocenters. The fourth-order valence-corrected chi connectivity index (χ4v) is 4.57. The van der Waals surface area contributed by atoms with Crippen molar-refractivity contribution in [3.63, 3.8) is 0 Å². The number of hydrogen-bond acceptors (Lipinski definition) is 6. The largest absolute Gasteiger partial charge is 0.371 e. The molecule has 2 heterocycles. The van der Waals surface area contributed by atoms with E-state index >= 15 is 0 Å². The summed E-state index contributed by atoms with van der Waals surface area (Å²) >= 11 is 0. The van der Waals surface area contributed by atoms with Crippen LogP contribution >= 0.6 is 0 Å². The van der Waals surface area contributed by atoms with Crippen molar-refractivity contribution < 1.29 is 14.5 Å². The van der Waals surface area contributed by atoms with Gasteiger partial charge in [-0.05, 0) is 42.7 Å². The van der Waals surface area contributed by atoms with Crippen molar-refractivity contribution >= 4 is 34.6 Å². The van der Waals surface area contributed by atoms with Crippen LogP contribution in [0.25, 0.3) is 5.70 Å². The zero-order valence-electron chi connectivity index (χ0n) is 18.8. The van der Waals surface area contributed by atoms with E-state index in [2.05, 4.69) is 20.4 Å². The van der Waals surface area contributed by atoms with Crippen LogP contribution in [0.4, 0.5) is 17.1 Å². The summed E-state index contributed by atoms with van der Waals surface area (Å²) in [5, 5.41) is 21.7. The summed E-state index contributed by atoms with van der Waals surface area (Å²) in [5.41, 5.74) is 4.00. The molecular weight excluding hydrogens is 446 g/mol. The smallest absolute Gasteiger partial charge is 0.276 e. The highest BCUT2D eigenvalue weighted by molar-refractivity contribution is 5.94. The molecule has 9 heteroatoms. The van der Waals surface area contributed by atoms with Crippen molar-refractivity contribution in [1.29, 1.82) is 0 Å². The molecule has 2 aromatic rings. The molecule has 1 aliphatic carbocycles. The first-order valence-corrected chi connectivity index (χ1v) is 11.4. The van der Waals surface area contributed by atoms with Crippen LogP contribution in [0.5, 0.6) is 0 Å². The lowest BCUT2D eigenvalue weighted by Gasteiger charge is -2.33. The molecule has 0 radical (unpaired) electrons. The summed E-state index contributed by atoms with van der Waals surface area (Å²) in [6, 6.07) is 13.9. The average Bonchev–Trinajstić information content (AvgIpc) is 2.90. The van der Waals surface area contributed by atoms with E-state index in [1.54, 1.807) is 12.1 Å². The Labute approximate surface area is 201 Å². The molecule has 35 heavy (non-hydrogen) atoms. The Balaban J connectivity index is 1.19. The number of amides is 2. The summed E-state index contributed by atoms with van der Waals surface area (Å²) < 4.78 is 0. The zero-order valence-corrected chi connectivity index (χ0v) is 18.8. The van der Waals surface area contributed by atoms with E-state index in [4.69, 9.17) is 0 Å². The molecule has 176 valence electrons. The lowest BCUT2D eigenvalue weighted by molar-refractivity contribution is -0.384. The minimum Gasteiger partial charge on any atom is -0.371 e. The monoisotopic (exact) mass is 469 g/mol. The molecule has 9 nitrogen and oxygen atoms in total. The number of carbonyl (C=O) groups is 2. The second-order valence-corrected chi connectivity index (χ2v) is 8.67. The molecule has 5 rings (SSSR count). The Hall–Kier alpha value is -4.40. The van der Waals surface area contributed by atoms with E-state index in [9.17, 15) is 19.7 Å². The predicted octanol–water partition coefficient (Wildman–Crippen LogP) is 4.90. The van der Waals surface area contributed by atoms with Crippen LogP contribution in [0.3, 0.4) is 0 Å². The highest BCUT2D eigenvalue weighted by Crippen LogP contribution is 2.34. The zero-order chi connectivity index (χ0) is 24.4. The lowest BCUT2D eigenvalue weighted by Crippen LogP contribution is -2.38. The van der Waals surface area contributed by atoms with Crippen LogP contribution in [-0.2, 0) is 9.59 Å². The number of benzene rings is 2. The number of azo groups is 1. The Bertz CT molecular complexity index is 1280. The predicted molar refractivity (Wildman–Crippen MR) is 132 cm³/mol. The van der Waals surface area contributed by atoms with E-state index < -0.39 is 10.8 Å². The van der Waals surface area contributed by atoms with E-state index in [1.165, 1.54) is 12.1 Å². The Morgan fingerprint density at radius 1 is 1.00 bits per heavy atom. The second-order valence-electron chi connectivity index (χ2n) is 8.67. The molecule has 0 spiro atoms. The molecule has 2 aromatic carbocycles. The fraction of sp³-hybridized carbons (Fsp3) is 0.231. The van der Waals surface area contributed by atoms with E-state index in [0.717, 1.165) is 16.8 Å². The van der Waals surface area contributed by atoms with Gasteiger partial charge in [0.15, 0.2) is 0 Å². The van der Waals surface area contributed by atoms with Crippen molar-refractivity contribution in [2.45, 2.75) is 12.8 Å². The third kappa shape index (κ3) is 4.65. The number of nitro benzene ring substituents is 1. The van der Waals surface area contributed by atoms with Crippen LogP contribution in [0, 0.1) is 22.0 Å². The van der Waals surface area contributed by atoms with Gasteiger partial charge < -0.3 is 10.2 Å². The molecule has 1 N–H and O–H groups in total. The Morgan fingerprint density at radius 2 is 1.71 bits per heavy atom. The van der Waals surface area contributed by atoms with Gasteiger partial charge in [-0.2, -0.15) is 0 Å². The first kappa shape index (κ1) is 22.4. The number of nitrogens with one attached hydrogen (secondary N) is 1. The van der Waals surface area contributed by atoms with Crippen LogP contribution < -0.4 is 10.2 Å². The van der Waals surface area contributed by atoms with Crippen LogP contribution in [-0.4, -0.2) is 29.8 Å². The van der Waals surface area contributed by atoms with Crippen molar-refractivity contribution in [3.05, 3.63) is 94.1 Å². The molecular formula is C26H23N5O4. The quantitative estimate of drug-likeness (QED) is 0.494. The van der Waals surface area contributed by atoms with Crippen LogP contribution in [0.1, 0.15) is 18.4 Å². The van der Waals surface area contributed by atoms with Gasteiger partial charge in [0.05, 0.1) is 16.5 Å². The average molecular weight is 470 g/mol. The first-order valence-electron chi connectivity index (χ1n) is 11.4. The third-order valence-corrected chi connectivity index (χ3v) is 6.53. The highest BCUT2D eigenvalue weighted by Gasteiger charge is 2.28. The Kier molecular flexibility index (Phi) is 6.05. The number of nitro groups is 1. The minimum absolute atomic E-state index is 0.0218. The second kappa shape index (κ2) is 9.46. The molecule has 2 aliphatic heterocycles. The standard InChI is InChI=1S/C26H23N5O4/c32-25(18-13-15-30(16-14-18)20-9-11-21(12-10-20)31(34)35)27-19-7-5-17(6-8-19)24-22-3-1-2-4-23(22)26(33)29-28-24/h1-12,18,23H,13-16H2,(H,27,32). The normalized spacial score (nSPS) is 19.6. The van der Waals surface area contributed by atoms with Crippen LogP contribution in [0.15, 0.2) is 88.6 Å². The maximum Gasteiger partial charge on any atom is 0.276 e. The number of piperidine rings is 1. The number of carbonyl (C=O) groups excluding carboxylic acids is 2. The molecule has 0 aromatic heterocycles. The summed E-state index contributed by atoms with van der Waals surface area (Å²) in [4.78, 5) is 37.4. The fourth-order valence-electron chi connectivity index (χ4n) is 4.57. The Morgan fingerprint density at radius 3 is 2.40 bits per heavy atom. The van der Waals surface area contributed by atoms with Gasteiger partial charge in [0, 0.05) is 48.1 Å². The van der Waals surface area contributed by atoms with Gasteiger partial charge in [-0.25, -0.2) is 0 Å². The van der Waals surface area contributed by atoms with Gasteiger partial charge in [-0.15, -0.1) is 10.2 Å². The van der Waals surface area contributed by atoms with Crippen molar-refractivity contribution in [2.24, 2.45) is 22.1 Å². The van der Waals surface area contributed by atoms with Crippen molar-refractivity contribution in [1.82, 2.24) is 0 Å². The van der Waals surface area contributed by atoms with Gasteiger partial charge in [-0.1, -0.05) is 36.4 Å². The SMILES string of the molecule is O=C(Nc1ccc(C2=C3C=CC=CC3C(=O)N=N2)cc1)C1CCN(c2ccc([N+](=O)[O-])cc2)CC1. The topological polar surface area (TPSA) is 117 Å². The van der Waals surface area contributed by atoms with Crippen LogP contribution in [0.2, 0.25) is 0 Å². The van der Waals surface area contributed by atoms with Gasteiger partial charge in [0.25, 0.3) is 11.6 Å². The number of fused-ring (bicyclic) bond motifs is 1. The number of allylic oxidation sites excluding steroid dienone is 3. The molecule has 3 aliphatic rings. The maximum absolute atomic E-state index is 12.8. The van der Waals surface area contributed by atoms with E-state index in [-0.39, 0.29) is 23.4 Å². The van der Waals surface area contributed by atoms with Gasteiger partial charge >= 0.3 is 0 Å². The minimum atomic E-state index is -0.411. The molecule has 1 unspecified atom stereocenters. The third-order valence-electron chi connectivity index (χ3n) is 6.53. The van der Waals surface area contributed by atoms with Gasteiger partial charge in [-0.3, -0.25) is 19.7 Å². The molecule has 1 fully saturated rings. The molecule has 2 amide bonds.